The Morgan fingerprint density at radius 3 is 2.65 bits per heavy atom. The normalized spacial score (nSPS) is 16.6. The summed E-state index contributed by atoms with van der Waals surface area (Å²) < 4.78 is 11.7. The average Bonchev–Trinajstić information content (AvgIpc) is 2.91. The van der Waals surface area contributed by atoms with Crippen LogP contribution in [-0.4, -0.2) is 46.9 Å². The van der Waals surface area contributed by atoms with Crippen LogP contribution >= 0.6 is 0 Å². The van der Waals surface area contributed by atoms with Crippen LogP contribution in [0, 0.1) is 0 Å². The van der Waals surface area contributed by atoms with Crippen LogP contribution in [0.3, 0.4) is 0 Å². The summed E-state index contributed by atoms with van der Waals surface area (Å²) in [5, 5.41) is 6.76. The molecule has 0 aliphatic carbocycles. The highest BCUT2D eigenvalue weighted by molar-refractivity contribution is 6.03. The summed E-state index contributed by atoms with van der Waals surface area (Å²) in [4.78, 5) is 34.6. The van der Waals surface area contributed by atoms with E-state index in [1.165, 1.54) is 20.0 Å². The molecule has 2 amide bonds. The van der Waals surface area contributed by atoms with Gasteiger partial charge in [-0.3, -0.25) is 14.4 Å². The van der Waals surface area contributed by atoms with Gasteiger partial charge in [-0.2, -0.15) is 5.10 Å². The number of anilines is 1. The van der Waals surface area contributed by atoms with Crippen LogP contribution in [0.1, 0.15) is 43.1 Å². The molecule has 2 rings (SSSR count). The Bertz CT molecular complexity index is 606. The number of carbonyl (C=O) groups excluding carboxylic acids is 3. The van der Waals surface area contributed by atoms with E-state index in [2.05, 4.69) is 10.4 Å². The van der Waals surface area contributed by atoms with Gasteiger partial charge >= 0.3 is 5.97 Å². The van der Waals surface area contributed by atoms with Gasteiger partial charge in [0, 0.05) is 20.1 Å². The summed E-state index contributed by atoms with van der Waals surface area (Å²) in [7, 11) is 0. The Balaban J connectivity index is 2.23. The third-order valence-electron chi connectivity index (χ3n) is 3.55. The molecule has 2 heterocycles. The molecular weight excluding hydrogens is 304 g/mol. The summed E-state index contributed by atoms with van der Waals surface area (Å²) in [6.07, 6.45) is 1.75. The molecular formula is C14H20N4O5. The van der Waals surface area contributed by atoms with Crippen molar-refractivity contribution in [2.45, 2.75) is 38.8 Å². The fourth-order valence-electron chi connectivity index (χ4n) is 2.39. The summed E-state index contributed by atoms with van der Waals surface area (Å²) >= 11 is 0. The van der Waals surface area contributed by atoms with Crippen molar-refractivity contribution in [2.24, 2.45) is 5.73 Å². The Morgan fingerprint density at radius 1 is 1.43 bits per heavy atom. The van der Waals surface area contributed by atoms with Gasteiger partial charge in [-0.25, -0.2) is 4.68 Å². The van der Waals surface area contributed by atoms with E-state index < -0.39 is 23.9 Å². The molecule has 1 aliphatic heterocycles. The molecule has 9 nitrogen and oxygen atoms in total. The van der Waals surface area contributed by atoms with E-state index in [0.717, 1.165) is 0 Å². The number of amides is 2. The lowest BCUT2D eigenvalue weighted by Crippen LogP contribution is -2.32. The SMILES string of the molecule is CC(=O)OC(C)C(=O)Nc1c(C(N)=O)cnn1C1CCOCC1. The minimum atomic E-state index is -0.994. The molecule has 1 aromatic heterocycles. The number of ether oxygens (including phenoxy) is 2. The van der Waals surface area contributed by atoms with Gasteiger partial charge in [-0.05, 0) is 19.8 Å². The van der Waals surface area contributed by atoms with Gasteiger partial charge in [0.25, 0.3) is 11.8 Å². The highest BCUT2D eigenvalue weighted by atomic mass is 16.5. The molecule has 0 bridgehead atoms. The van der Waals surface area contributed by atoms with Crippen molar-refractivity contribution in [2.75, 3.05) is 18.5 Å². The zero-order chi connectivity index (χ0) is 17.0. The Labute approximate surface area is 133 Å². The summed E-state index contributed by atoms with van der Waals surface area (Å²) in [6, 6.07) is -0.00354. The van der Waals surface area contributed by atoms with Crippen molar-refractivity contribution in [3.05, 3.63) is 11.8 Å². The number of aromatic nitrogens is 2. The number of nitrogens with one attached hydrogen (secondary N) is 1. The van der Waals surface area contributed by atoms with Gasteiger partial charge in [0.1, 0.15) is 11.4 Å². The van der Waals surface area contributed by atoms with Crippen LogP contribution in [-0.2, 0) is 19.1 Å². The second-order valence-electron chi connectivity index (χ2n) is 5.30. The summed E-state index contributed by atoms with van der Waals surface area (Å²) in [5.41, 5.74) is 5.45. The number of hydrogen-bond acceptors (Lipinski definition) is 6. The molecule has 1 aromatic rings. The first kappa shape index (κ1) is 16.9. The van der Waals surface area contributed by atoms with Gasteiger partial charge in [-0.15, -0.1) is 0 Å². The van der Waals surface area contributed by atoms with E-state index in [1.807, 2.05) is 0 Å². The predicted molar refractivity (Wildman–Crippen MR) is 79.7 cm³/mol. The Kier molecular flexibility index (Phi) is 5.32. The highest BCUT2D eigenvalue weighted by Gasteiger charge is 2.26. The van der Waals surface area contributed by atoms with Crippen molar-refractivity contribution in [3.63, 3.8) is 0 Å². The number of nitrogens with two attached hydrogens (primary N) is 1. The molecule has 1 aliphatic rings. The third-order valence-corrected chi connectivity index (χ3v) is 3.55. The van der Waals surface area contributed by atoms with Crippen LogP contribution < -0.4 is 11.1 Å². The maximum absolute atomic E-state index is 12.1. The maximum atomic E-state index is 12.1. The monoisotopic (exact) mass is 324 g/mol. The fraction of sp³-hybridized carbons (Fsp3) is 0.571. The van der Waals surface area contributed by atoms with E-state index in [4.69, 9.17) is 15.2 Å². The standard InChI is InChI=1S/C14H20N4O5/c1-8(23-9(2)19)14(21)17-13-11(12(15)20)7-16-18(13)10-3-5-22-6-4-10/h7-8,10H,3-6H2,1-2H3,(H2,15,20)(H,17,21). The number of nitrogens with zero attached hydrogens (tertiary/aromatic N) is 2. The second kappa shape index (κ2) is 7.23. The molecule has 1 atom stereocenters. The van der Waals surface area contributed by atoms with Crippen LogP contribution in [0.25, 0.3) is 0 Å². The quantitative estimate of drug-likeness (QED) is 0.746. The molecule has 0 spiro atoms. The van der Waals surface area contributed by atoms with Gasteiger partial charge in [0.2, 0.25) is 0 Å². The highest BCUT2D eigenvalue weighted by Crippen LogP contribution is 2.26. The number of primary amides is 1. The molecule has 23 heavy (non-hydrogen) atoms. The Morgan fingerprint density at radius 2 is 2.09 bits per heavy atom. The fourth-order valence-corrected chi connectivity index (χ4v) is 2.39. The second-order valence-corrected chi connectivity index (χ2v) is 5.30. The van der Waals surface area contributed by atoms with E-state index in [-0.39, 0.29) is 17.4 Å². The van der Waals surface area contributed by atoms with Gasteiger partial charge in [-0.1, -0.05) is 0 Å². The lowest BCUT2D eigenvalue weighted by atomic mass is 10.1. The smallest absolute Gasteiger partial charge is 0.303 e. The molecule has 1 fully saturated rings. The lowest BCUT2D eigenvalue weighted by Gasteiger charge is -2.24. The van der Waals surface area contributed by atoms with E-state index >= 15 is 0 Å². The molecule has 126 valence electrons. The number of rotatable bonds is 5. The number of hydrogen-bond donors (Lipinski definition) is 2. The molecule has 1 unspecified atom stereocenters. The molecule has 0 saturated carbocycles. The third kappa shape index (κ3) is 4.07. The van der Waals surface area contributed by atoms with Crippen LogP contribution in [0.5, 0.6) is 0 Å². The minimum Gasteiger partial charge on any atom is -0.453 e. The minimum absolute atomic E-state index is 0.00354. The lowest BCUT2D eigenvalue weighted by molar-refractivity contribution is -0.150. The van der Waals surface area contributed by atoms with Gasteiger partial charge < -0.3 is 20.5 Å². The van der Waals surface area contributed by atoms with E-state index in [0.29, 0.717) is 26.1 Å². The van der Waals surface area contributed by atoms with Crippen molar-refractivity contribution in [3.8, 4) is 0 Å². The number of esters is 1. The average molecular weight is 324 g/mol. The van der Waals surface area contributed by atoms with Crippen LogP contribution in [0.4, 0.5) is 5.82 Å². The Hall–Kier alpha value is -2.42. The van der Waals surface area contributed by atoms with Crippen LogP contribution in [0.15, 0.2) is 6.20 Å². The molecule has 0 aromatic carbocycles. The molecule has 9 heteroatoms. The first-order chi connectivity index (χ1) is 10.9. The summed E-state index contributed by atoms with van der Waals surface area (Å²) in [6.45, 7) is 3.81. The predicted octanol–water partition coefficient (Wildman–Crippen LogP) is 0.224. The topological polar surface area (TPSA) is 126 Å². The maximum Gasteiger partial charge on any atom is 0.303 e. The molecule has 1 saturated heterocycles. The zero-order valence-corrected chi connectivity index (χ0v) is 13.1. The van der Waals surface area contributed by atoms with Gasteiger partial charge in [0.05, 0.1) is 12.2 Å². The summed E-state index contributed by atoms with van der Waals surface area (Å²) in [5.74, 6) is -1.61. The first-order valence-corrected chi connectivity index (χ1v) is 7.33. The van der Waals surface area contributed by atoms with Crippen molar-refractivity contribution < 1.29 is 23.9 Å². The zero-order valence-electron chi connectivity index (χ0n) is 13.1. The van der Waals surface area contributed by atoms with Crippen molar-refractivity contribution in [1.29, 1.82) is 0 Å². The largest absolute Gasteiger partial charge is 0.453 e. The first-order valence-electron chi connectivity index (χ1n) is 7.33. The number of carbonyl (C=O) groups is 3. The van der Waals surface area contributed by atoms with Crippen molar-refractivity contribution in [1.82, 2.24) is 9.78 Å². The molecule has 3 N–H and O–H groups in total. The van der Waals surface area contributed by atoms with E-state index in [1.54, 1.807) is 4.68 Å². The van der Waals surface area contributed by atoms with E-state index in [9.17, 15) is 14.4 Å². The molecule has 0 radical (unpaired) electrons. The van der Waals surface area contributed by atoms with Crippen molar-refractivity contribution >= 4 is 23.6 Å². The van der Waals surface area contributed by atoms with Crippen LogP contribution in [0.2, 0.25) is 0 Å². The van der Waals surface area contributed by atoms with Gasteiger partial charge in [0.15, 0.2) is 6.10 Å².